The molecule has 0 unspecified atom stereocenters. The van der Waals surface area contributed by atoms with Crippen LogP contribution in [-0.2, 0) is 22.4 Å². The number of hydrogen-bond donors (Lipinski definition) is 4. The van der Waals surface area contributed by atoms with Crippen molar-refractivity contribution in [3.05, 3.63) is 132 Å². The van der Waals surface area contributed by atoms with Gasteiger partial charge in [0.05, 0.1) is 11.0 Å². The van der Waals surface area contributed by atoms with E-state index in [0.29, 0.717) is 22.7 Å². The molecule has 0 radical (unpaired) electrons. The molecule has 0 bridgehead atoms. The number of aromatic nitrogens is 2. The van der Waals surface area contributed by atoms with Crippen molar-refractivity contribution in [1.29, 1.82) is 0 Å². The number of nitrogen functional groups attached to an aromatic ring is 2. The van der Waals surface area contributed by atoms with Gasteiger partial charge in [-0.05, 0) is 86.3 Å². The van der Waals surface area contributed by atoms with Gasteiger partial charge in [0.2, 0.25) is 11.8 Å². The summed E-state index contributed by atoms with van der Waals surface area (Å²) in [6, 6.07) is 33.5. The van der Waals surface area contributed by atoms with Gasteiger partial charge >= 0.3 is 0 Å². The Hall–Kier alpha value is -5.47. The quantitative estimate of drug-likeness (QED) is 0.133. The Labute approximate surface area is 273 Å². The Morgan fingerprint density at radius 3 is 1.39 bits per heavy atom. The molecule has 6 N–H and O–H groups in total. The molecule has 4 aromatic carbocycles. The van der Waals surface area contributed by atoms with Crippen LogP contribution in [0.1, 0.15) is 22.5 Å². The highest BCUT2D eigenvalue weighted by Crippen LogP contribution is 2.34. The topological polar surface area (TPSA) is 136 Å². The van der Waals surface area contributed by atoms with E-state index in [0.717, 1.165) is 44.3 Å². The van der Waals surface area contributed by atoms with Crippen molar-refractivity contribution >= 4 is 68.8 Å². The average Bonchev–Trinajstić information content (AvgIpc) is 3.02. The van der Waals surface area contributed by atoms with E-state index in [-0.39, 0.29) is 25.2 Å². The largest absolute Gasteiger partial charge is 0.398 e. The van der Waals surface area contributed by atoms with Crippen molar-refractivity contribution in [2.75, 3.05) is 22.1 Å². The maximum atomic E-state index is 14.6. The molecular weight excluding hydrogens is 596 g/mol. The Morgan fingerprint density at radius 1 is 0.609 bits per heavy atom. The minimum Gasteiger partial charge on any atom is -0.398 e. The Morgan fingerprint density at radius 2 is 1.00 bits per heavy atom. The van der Waals surface area contributed by atoms with Crippen molar-refractivity contribution in [1.82, 2.24) is 9.97 Å². The molecule has 0 atom stereocenters. The van der Waals surface area contributed by atoms with Crippen LogP contribution in [0.3, 0.4) is 0 Å². The van der Waals surface area contributed by atoms with Crippen LogP contribution in [0.4, 0.5) is 22.7 Å². The Bertz CT molecular complexity index is 1900. The zero-order valence-electron chi connectivity index (χ0n) is 25.6. The number of aryl methyl sites for hydroxylation is 2. The molecule has 0 saturated carbocycles. The maximum absolute atomic E-state index is 14.6. The number of benzene rings is 4. The molecule has 6 aromatic rings. The molecule has 8 nitrogen and oxygen atoms in total. The summed E-state index contributed by atoms with van der Waals surface area (Å²) in [6.07, 6.45) is 0.320. The summed E-state index contributed by atoms with van der Waals surface area (Å²) in [5.74, 6) is -0.883. The van der Waals surface area contributed by atoms with E-state index < -0.39 is 17.2 Å². The maximum Gasteiger partial charge on any atom is 0.240 e. The van der Waals surface area contributed by atoms with E-state index in [1.165, 1.54) is 0 Å². The second-order valence-electron chi connectivity index (χ2n) is 11.5. The van der Waals surface area contributed by atoms with Gasteiger partial charge in [0.15, 0.2) is 0 Å². The van der Waals surface area contributed by atoms with E-state index in [9.17, 15) is 9.59 Å². The number of carbonyl (C=O) groups is 2. The number of carbonyl (C=O) groups excluding carboxylic acids is 2. The number of nitrogens with zero attached hydrogens (tertiary/aromatic N) is 2. The second-order valence-corrected chi connectivity index (χ2v) is 11.5. The predicted molar refractivity (Wildman–Crippen MR) is 189 cm³/mol. The molecule has 0 fully saturated rings. The normalized spacial score (nSPS) is 11.2. The molecule has 0 saturated heterocycles. The van der Waals surface area contributed by atoms with E-state index >= 15 is 0 Å². The standard InChI is InChI=1S/C37H34N6O2.ClH/c1-23-17-31(38)29-19-27(13-15-33(29)40-23)42-35(44)37(21-25-9-5-3-6-10-25,22-26-11-7-4-8-12-26)36(45)43-28-14-16-34-30(20-28)32(39)18-24(2)41-34;/h3-20H,21-22H2,1-2H3,(H2,38,40)(H2,39,41)(H,42,44)(H,43,45);1H. The zero-order valence-corrected chi connectivity index (χ0v) is 26.4. The summed E-state index contributed by atoms with van der Waals surface area (Å²) >= 11 is 0. The van der Waals surface area contributed by atoms with Crippen molar-refractivity contribution in [3.63, 3.8) is 0 Å². The molecule has 0 aliphatic heterocycles. The lowest BCUT2D eigenvalue weighted by Crippen LogP contribution is -2.49. The number of fused-ring (bicyclic) bond motifs is 2. The van der Waals surface area contributed by atoms with Gasteiger partial charge in [-0.3, -0.25) is 19.6 Å². The van der Waals surface area contributed by atoms with Crippen molar-refractivity contribution in [2.24, 2.45) is 5.41 Å². The molecule has 2 aromatic heterocycles. The van der Waals surface area contributed by atoms with Crippen LogP contribution in [0.15, 0.2) is 109 Å². The number of pyridine rings is 2. The van der Waals surface area contributed by atoms with Gasteiger partial charge < -0.3 is 22.1 Å². The molecule has 2 amide bonds. The number of halogens is 1. The fourth-order valence-electron chi connectivity index (χ4n) is 5.81. The lowest BCUT2D eigenvalue weighted by atomic mass is 9.74. The Balaban J connectivity index is 0.00000417. The van der Waals surface area contributed by atoms with Gasteiger partial charge in [-0.1, -0.05) is 60.7 Å². The summed E-state index contributed by atoms with van der Waals surface area (Å²) in [7, 11) is 0. The minimum atomic E-state index is -1.54. The summed E-state index contributed by atoms with van der Waals surface area (Å²) in [5, 5.41) is 7.55. The molecule has 0 aliphatic carbocycles. The highest BCUT2D eigenvalue weighted by atomic mass is 35.5. The van der Waals surface area contributed by atoms with E-state index in [4.69, 9.17) is 11.5 Å². The lowest BCUT2D eigenvalue weighted by Gasteiger charge is -2.32. The van der Waals surface area contributed by atoms with Gasteiger partial charge in [0, 0.05) is 44.9 Å². The zero-order chi connectivity index (χ0) is 31.6. The number of anilines is 4. The second kappa shape index (κ2) is 13.3. The SMILES string of the molecule is Cc1cc(N)c2cc(NC(=O)C(Cc3ccccc3)(Cc3ccccc3)C(=O)Nc3ccc4nc(C)cc(N)c4c3)ccc2n1.Cl. The van der Waals surface area contributed by atoms with Crippen LogP contribution in [0, 0.1) is 19.3 Å². The third-order valence-electron chi connectivity index (χ3n) is 8.02. The first-order chi connectivity index (χ1) is 21.7. The number of hydrogen-bond acceptors (Lipinski definition) is 6. The van der Waals surface area contributed by atoms with Gasteiger partial charge in [0.25, 0.3) is 0 Å². The summed E-state index contributed by atoms with van der Waals surface area (Å²) < 4.78 is 0. The monoisotopic (exact) mass is 630 g/mol. The third kappa shape index (κ3) is 6.62. The van der Waals surface area contributed by atoms with Gasteiger partial charge in [0.1, 0.15) is 5.41 Å². The smallest absolute Gasteiger partial charge is 0.240 e. The van der Waals surface area contributed by atoms with Gasteiger partial charge in [-0.15, -0.1) is 12.4 Å². The highest BCUT2D eigenvalue weighted by Gasteiger charge is 2.46. The van der Waals surface area contributed by atoms with Crippen LogP contribution in [0.5, 0.6) is 0 Å². The van der Waals surface area contributed by atoms with Gasteiger partial charge in [-0.2, -0.15) is 0 Å². The van der Waals surface area contributed by atoms with E-state index in [1.54, 1.807) is 36.4 Å². The number of amides is 2. The molecule has 0 spiro atoms. The summed E-state index contributed by atoms with van der Waals surface area (Å²) in [6.45, 7) is 3.76. The summed E-state index contributed by atoms with van der Waals surface area (Å²) in [4.78, 5) is 38.3. The average molecular weight is 631 g/mol. The first kappa shape index (κ1) is 31.9. The highest BCUT2D eigenvalue weighted by molar-refractivity contribution is 6.16. The number of rotatable bonds is 8. The summed E-state index contributed by atoms with van der Waals surface area (Å²) in [5.41, 5.74) is 18.0. The van der Waals surface area contributed by atoms with Crippen LogP contribution < -0.4 is 22.1 Å². The van der Waals surface area contributed by atoms with Crippen LogP contribution in [0.2, 0.25) is 0 Å². The fourth-order valence-corrected chi connectivity index (χ4v) is 5.81. The molecule has 2 heterocycles. The van der Waals surface area contributed by atoms with Crippen LogP contribution >= 0.6 is 12.4 Å². The van der Waals surface area contributed by atoms with Crippen molar-refractivity contribution < 1.29 is 9.59 Å². The van der Waals surface area contributed by atoms with E-state index in [2.05, 4.69) is 20.6 Å². The van der Waals surface area contributed by atoms with Gasteiger partial charge in [-0.25, -0.2) is 0 Å². The lowest BCUT2D eigenvalue weighted by molar-refractivity contribution is -0.137. The first-order valence-corrected chi connectivity index (χ1v) is 14.7. The Kier molecular flexibility index (Phi) is 9.21. The van der Waals surface area contributed by atoms with Crippen LogP contribution in [0.25, 0.3) is 21.8 Å². The molecular formula is C37H35ClN6O2. The minimum absolute atomic E-state index is 0. The van der Waals surface area contributed by atoms with Crippen molar-refractivity contribution in [3.8, 4) is 0 Å². The van der Waals surface area contributed by atoms with Crippen molar-refractivity contribution in [2.45, 2.75) is 26.7 Å². The molecule has 9 heteroatoms. The first-order valence-electron chi connectivity index (χ1n) is 14.7. The molecule has 46 heavy (non-hydrogen) atoms. The van der Waals surface area contributed by atoms with Crippen LogP contribution in [-0.4, -0.2) is 21.8 Å². The number of nitrogens with one attached hydrogen (secondary N) is 2. The third-order valence-corrected chi connectivity index (χ3v) is 8.02. The fraction of sp³-hybridized carbons (Fsp3) is 0.135. The number of nitrogens with two attached hydrogens (primary N) is 2. The molecule has 6 rings (SSSR count). The predicted octanol–water partition coefficient (Wildman–Crippen LogP) is 7.04. The molecule has 0 aliphatic rings. The molecule has 232 valence electrons. The van der Waals surface area contributed by atoms with E-state index in [1.807, 2.05) is 86.6 Å².